The van der Waals surface area contributed by atoms with E-state index in [-0.39, 0.29) is 6.23 Å². The standard InChI is InChI=1S/C9H13BrN2O/c1-7-11-8(10)6-12(7)9-4-2-3-5-13-9/h6,9H,2-5H2,1H3. The van der Waals surface area contributed by atoms with E-state index in [0.717, 1.165) is 23.5 Å². The van der Waals surface area contributed by atoms with Gasteiger partial charge in [-0.2, -0.15) is 0 Å². The summed E-state index contributed by atoms with van der Waals surface area (Å²) in [4.78, 5) is 4.29. The van der Waals surface area contributed by atoms with Crippen LogP contribution in [-0.4, -0.2) is 16.2 Å². The van der Waals surface area contributed by atoms with E-state index in [4.69, 9.17) is 4.74 Å². The lowest BCUT2D eigenvalue weighted by Gasteiger charge is -2.24. The summed E-state index contributed by atoms with van der Waals surface area (Å²) in [5.74, 6) is 1.01. The fourth-order valence-corrected chi connectivity index (χ4v) is 2.16. The van der Waals surface area contributed by atoms with E-state index >= 15 is 0 Å². The van der Waals surface area contributed by atoms with E-state index in [1.54, 1.807) is 0 Å². The maximum absolute atomic E-state index is 5.66. The van der Waals surface area contributed by atoms with Gasteiger partial charge in [0, 0.05) is 12.8 Å². The van der Waals surface area contributed by atoms with Gasteiger partial charge in [-0.3, -0.25) is 0 Å². The minimum Gasteiger partial charge on any atom is -0.358 e. The average molecular weight is 245 g/mol. The summed E-state index contributed by atoms with van der Waals surface area (Å²) in [5, 5.41) is 0. The highest BCUT2D eigenvalue weighted by Crippen LogP contribution is 2.24. The van der Waals surface area contributed by atoms with Crippen molar-refractivity contribution in [2.24, 2.45) is 0 Å². The number of aryl methyl sites for hydroxylation is 1. The molecule has 72 valence electrons. The van der Waals surface area contributed by atoms with Crippen molar-refractivity contribution in [3.05, 3.63) is 16.6 Å². The van der Waals surface area contributed by atoms with Crippen LogP contribution in [0, 0.1) is 6.92 Å². The molecule has 1 aliphatic heterocycles. The smallest absolute Gasteiger partial charge is 0.135 e. The molecule has 2 heterocycles. The lowest BCUT2D eigenvalue weighted by Crippen LogP contribution is -2.18. The van der Waals surface area contributed by atoms with Crippen molar-refractivity contribution in [1.29, 1.82) is 0 Å². The molecule has 0 radical (unpaired) electrons. The molecule has 1 fully saturated rings. The molecule has 1 atom stereocenters. The van der Waals surface area contributed by atoms with Crippen molar-refractivity contribution in [1.82, 2.24) is 9.55 Å². The number of imidazole rings is 1. The molecule has 1 aromatic rings. The number of hydrogen-bond donors (Lipinski definition) is 0. The van der Waals surface area contributed by atoms with E-state index in [1.807, 2.05) is 13.1 Å². The normalized spacial score (nSPS) is 23.4. The first-order valence-corrected chi connectivity index (χ1v) is 5.39. The van der Waals surface area contributed by atoms with Crippen LogP contribution in [0.2, 0.25) is 0 Å². The van der Waals surface area contributed by atoms with Gasteiger partial charge in [-0.15, -0.1) is 0 Å². The molecule has 1 aromatic heterocycles. The quantitative estimate of drug-likeness (QED) is 0.760. The number of rotatable bonds is 1. The first-order valence-electron chi connectivity index (χ1n) is 4.60. The maximum atomic E-state index is 5.66. The van der Waals surface area contributed by atoms with Crippen LogP contribution in [0.25, 0.3) is 0 Å². The number of ether oxygens (including phenoxy) is 1. The van der Waals surface area contributed by atoms with E-state index in [1.165, 1.54) is 12.8 Å². The Balaban J connectivity index is 2.18. The Morgan fingerprint density at radius 2 is 2.46 bits per heavy atom. The van der Waals surface area contributed by atoms with Crippen molar-refractivity contribution in [2.75, 3.05) is 6.61 Å². The van der Waals surface area contributed by atoms with E-state index < -0.39 is 0 Å². The van der Waals surface area contributed by atoms with Crippen molar-refractivity contribution in [2.45, 2.75) is 32.4 Å². The van der Waals surface area contributed by atoms with Gasteiger partial charge in [0.05, 0.1) is 0 Å². The third kappa shape index (κ3) is 1.94. The molecular weight excluding hydrogens is 232 g/mol. The monoisotopic (exact) mass is 244 g/mol. The molecule has 0 spiro atoms. The van der Waals surface area contributed by atoms with Gasteiger partial charge in [0.1, 0.15) is 16.7 Å². The van der Waals surface area contributed by atoms with Crippen LogP contribution in [0.1, 0.15) is 31.3 Å². The van der Waals surface area contributed by atoms with Gasteiger partial charge >= 0.3 is 0 Å². The van der Waals surface area contributed by atoms with Gasteiger partial charge in [0.15, 0.2) is 0 Å². The molecule has 0 saturated carbocycles. The Morgan fingerprint density at radius 3 is 3.00 bits per heavy atom. The Morgan fingerprint density at radius 1 is 1.62 bits per heavy atom. The largest absolute Gasteiger partial charge is 0.358 e. The van der Waals surface area contributed by atoms with Crippen LogP contribution in [0.15, 0.2) is 10.8 Å². The maximum Gasteiger partial charge on any atom is 0.135 e. The molecule has 1 saturated heterocycles. The summed E-state index contributed by atoms with van der Waals surface area (Å²) in [6, 6.07) is 0. The molecule has 1 aliphatic rings. The number of hydrogen-bond acceptors (Lipinski definition) is 2. The van der Waals surface area contributed by atoms with Gasteiger partial charge in [-0.05, 0) is 42.1 Å². The highest BCUT2D eigenvalue weighted by atomic mass is 79.9. The Hall–Kier alpha value is -0.350. The summed E-state index contributed by atoms with van der Waals surface area (Å²) < 4.78 is 8.65. The topological polar surface area (TPSA) is 27.1 Å². The fraction of sp³-hybridized carbons (Fsp3) is 0.667. The summed E-state index contributed by atoms with van der Waals surface area (Å²) in [6.45, 7) is 2.88. The Bertz CT molecular complexity index is 292. The lowest BCUT2D eigenvalue weighted by atomic mass is 10.2. The zero-order valence-electron chi connectivity index (χ0n) is 7.66. The summed E-state index contributed by atoms with van der Waals surface area (Å²) in [6.07, 6.45) is 5.73. The summed E-state index contributed by atoms with van der Waals surface area (Å²) >= 11 is 3.36. The van der Waals surface area contributed by atoms with E-state index in [9.17, 15) is 0 Å². The van der Waals surface area contributed by atoms with Crippen molar-refractivity contribution < 1.29 is 4.74 Å². The summed E-state index contributed by atoms with van der Waals surface area (Å²) in [5.41, 5.74) is 0. The van der Waals surface area contributed by atoms with Gasteiger partial charge in [-0.1, -0.05) is 0 Å². The molecule has 0 N–H and O–H groups in total. The number of halogens is 1. The molecule has 2 rings (SSSR count). The fourth-order valence-electron chi connectivity index (χ4n) is 1.68. The Kier molecular flexibility index (Phi) is 2.69. The predicted molar refractivity (Wildman–Crippen MR) is 53.5 cm³/mol. The molecule has 0 aromatic carbocycles. The number of aromatic nitrogens is 2. The van der Waals surface area contributed by atoms with Crippen LogP contribution in [0.3, 0.4) is 0 Å². The van der Waals surface area contributed by atoms with Crippen molar-refractivity contribution in [3.63, 3.8) is 0 Å². The molecular formula is C9H13BrN2O. The average Bonchev–Trinajstić information content (AvgIpc) is 2.47. The van der Waals surface area contributed by atoms with Crippen LogP contribution >= 0.6 is 15.9 Å². The first-order chi connectivity index (χ1) is 6.27. The zero-order valence-corrected chi connectivity index (χ0v) is 9.25. The number of nitrogens with zero attached hydrogens (tertiary/aromatic N) is 2. The SMILES string of the molecule is Cc1nc(Br)cn1C1CCCCO1. The predicted octanol–water partition coefficient (Wildman–Crippen LogP) is 2.65. The molecule has 0 aliphatic carbocycles. The second-order valence-electron chi connectivity index (χ2n) is 3.34. The second-order valence-corrected chi connectivity index (χ2v) is 4.15. The van der Waals surface area contributed by atoms with Crippen LogP contribution in [0.5, 0.6) is 0 Å². The molecule has 13 heavy (non-hydrogen) atoms. The lowest BCUT2D eigenvalue weighted by molar-refractivity contribution is -0.0331. The first kappa shape index (κ1) is 9.21. The highest BCUT2D eigenvalue weighted by molar-refractivity contribution is 9.10. The minimum atomic E-state index is 0.201. The van der Waals surface area contributed by atoms with Gasteiger partial charge in [0.2, 0.25) is 0 Å². The van der Waals surface area contributed by atoms with Crippen molar-refractivity contribution >= 4 is 15.9 Å². The third-order valence-corrected chi connectivity index (χ3v) is 2.74. The van der Waals surface area contributed by atoms with E-state index in [2.05, 4.69) is 25.5 Å². The van der Waals surface area contributed by atoms with E-state index in [0.29, 0.717) is 0 Å². The zero-order chi connectivity index (χ0) is 9.26. The van der Waals surface area contributed by atoms with Crippen LogP contribution in [-0.2, 0) is 4.74 Å². The highest BCUT2D eigenvalue weighted by Gasteiger charge is 2.17. The van der Waals surface area contributed by atoms with Crippen LogP contribution in [0.4, 0.5) is 0 Å². The molecule has 3 nitrogen and oxygen atoms in total. The molecule has 0 amide bonds. The minimum absolute atomic E-state index is 0.201. The molecule has 4 heteroatoms. The molecule has 1 unspecified atom stereocenters. The van der Waals surface area contributed by atoms with Gasteiger partial charge < -0.3 is 9.30 Å². The van der Waals surface area contributed by atoms with Gasteiger partial charge in [-0.25, -0.2) is 4.98 Å². The Labute approximate surface area is 86.2 Å². The van der Waals surface area contributed by atoms with Crippen LogP contribution < -0.4 is 0 Å². The summed E-state index contributed by atoms with van der Waals surface area (Å²) in [7, 11) is 0. The molecule has 0 bridgehead atoms. The van der Waals surface area contributed by atoms with Crippen molar-refractivity contribution in [3.8, 4) is 0 Å². The second kappa shape index (κ2) is 3.80. The third-order valence-electron chi connectivity index (χ3n) is 2.35. The van der Waals surface area contributed by atoms with Gasteiger partial charge in [0.25, 0.3) is 0 Å².